The van der Waals surface area contributed by atoms with E-state index >= 15 is 0 Å². The Kier molecular flexibility index (Phi) is 4.07. The molecule has 0 unspecified atom stereocenters. The molecule has 0 atom stereocenters. The van der Waals surface area contributed by atoms with E-state index in [-0.39, 0.29) is 18.4 Å². The Hall–Kier alpha value is -1.59. The van der Waals surface area contributed by atoms with Crippen LogP contribution in [0.15, 0.2) is 0 Å². The Balaban J connectivity index is 1.89. The molecule has 1 aliphatic heterocycles. The number of hydrogen-bond donors (Lipinski definition) is 2. The zero-order valence-corrected chi connectivity index (χ0v) is 11.0. The van der Waals surface area contributed by atoms with Crippen molar-refractivity contribution in [3.8, 4) is 0 Å². The second-order valence-electron chi connectivity index (χ2n) is 5.41. The number of amides is 2. The zero-order chi connectivity index (χ0) is 13.9. The van der Waals surface area contributed by atoms with Gasteiger partial charge in [0.1, 0.15) is 5.54 Å². The molecule has 0 aromatic rings. The predicted octanol–water partition coefficient (Wildman–Crippen LogP) is 0.512. The highest BCUT2D eigenvalue weighted by molar-refractivity contribution is 5.90. The zero-order valence-electron chi connectivity index (χ0n) is 11.0. The molecule has 2 amide bonds. The first-order valence-corrected chi connectivity index (χ1v) is 6.86. The van der Waals surface area contributed by atoms with Gasteiger partial charge in [0.05, 0.1) is 6.54 Å². The van der Waals surface area contributed by atoms with Crippen LogP contribution in [-0.4, -0.2) is 46.4 Å². The van der Waals surface area contributed by atoms with Crippen molar-refractivity contribution in [2.75, 3.05) is 13.1 Å². The van der Waals surface area contributed by atoms with Crippen molar-refractivity contribution in [2.24, 2.45) is 0 Å². The fourth-order valence-corrected chi connectivity index (χ4v) is 2.61. The summed E-state index contributed by atoms with van der Waals surface area (Å²) in [6.45, 7) is 0.570. The van der Waals surface area contributed by atoms with Crippen LogP contribution >= 0.6 is 0 Å². The number of nitrogens with one attached hydrogen (secondary N) is 1. The normalized spacial score (nSPS) is 22.3. The lowest BCUT2D eigenvalue weighted by Crippen LogP contribution is -2.60. The minimum atomic E-state index is -1.09. The van der Waals surface area contributed by atoms with Gasteiger partial charge >= 0.3 is 5.97 Å². The van der Waals surface area contributed by atoms with Crippen molar-refractivity contribution in [3.05, 3.63) is 0 Å². The number of likely N-dealkylation sites (tertiary alicyclic amines) is 1. The summed E-state index contributed by atoms with van der Waals surface area (Å²) in [5.41, 5.74) is -1.09. The number of aliphatic carboxylic acids is 1. The van der Waals surface area contributed by atoms with Gasteiger partial charge in [-0.25, -0.2) is 4.79 Å². The van der Waals surface area contributed by atoms with E-state index in [1.54, 1.807) is 0 Å². The first-order valence-electron chi connectivity index (χ1n) is 6.86. The lowest BCUT2D eigenvalue weighted by Gasteiger charge is -2.38. The molecule has 1 aliphatic carbocycles. The molecule has 106 valence electrons. The van der Waals surface area contributed by atoms with E-state index in [0.717, 1.165) is 25.7 Å². The number of carboxylic acid groups (broad SMARTS) is 1. The van der Waals surface area contributed by atoms with Crippen LogP contribution in [0.25, 0.3) is 0 Å². The Morgan fingerprint density at radius 1 is 1.21 bits per heavy atom. The monoisotopic (exact) mass is 268 g/mol. The smallest absolute Gasteiger partial charge is 0.329 e. The molecule has 2 N–H and O–H groups in total. The minimum absolute atomic E-state index is 0.00867. The average molecular weight is 268 g/mol. The highest BCUT2D eigenvalue weighted by atomic mass is 16.4. The number of carboxylic acids is 1. The summed E-state index contributed by atoms with van der Waals surface area (Å²) >= 11 is 0. The van der Waals surface area contributed by atoms with Gasteiger partial charge in [0, 0.05) is 13.0 Å². The largest absolute Gasteiger partial charge is 0.480 e. The van der Waals surface area contributed by atoms with Crippen LogP contribution < -0.4 is 5.32 Å². The van der Waals surface area contributed by atoms with Crippen molar-refractivity contribution in [3.63, 3.8) is 0 Å². The van der Waals surface area contributed by atoms with Crippen molar-refractivity contribution in [2.45, 2.75) is 50.5 Å². The molecule has 0 spiro atoms. The molecular formula is C13H20N2O4. The Morgan fingerprint density at radius 3 is 2.53 bits per heavy atom. The van der Waals surface area contributed by atoms with Gasteiger partial charge in [0.25, 0.3) is 0 Å². The van der Waals surface area contributed by atoms with Gasteiger partial charge in [-0.05, 0) is 32.1 Å². The standard InChI is InChI=1S/C13H20N2O4/c16-10(14-13(12(18)19)6-4-7-13)9-15-8-3-1-2-5-11(15)17/h1-9H2,(H,14,16)(H,18,19). The maximum atomic E-state index is 11.9. The molecule has 1 saturated heterocycles. The molecule has 0 aromatic carbocycles. The summed E-state index contributed by atoms with van der Waals surface area (Å²) in [5, 5.41) is 11.7. The number of nitrogens with zero attached hydrogens (tertiary/aromatic N) is 1. The SMILES string of the molecule is O=C(CN1CCCCCC1=O)NC1(C(=O)O)CCC1. The highest BCUT2D eigenvalue weighted by Crippen LogP contribution is 2.31. The topological polar surface area (TPSA) is 86.7 Å². The summed E-state index contributed by atoms with van der Waals surface area (Å²) in [7, 11) is 0. The molecular weight excluding hydrogens is 248 g/mol. The van der Waals surface area contributed by atoms with Crippen LogP contribution in [0.2, 0.25) is 0 Å². The maximum Gasteiger partial charge on any atom is 0.329 e. The van der Waals surface area contributed by atoms with Crippen LogP contribution in [0.4, 0.5) is 0 Å². The van der Waals surface area contributed by atoms with Crippen LogP contribution in [0.5, 0.6) is 0 Å². The minimum Gasteiger partial charge on any atom is -0.480 e. The molecule has 6 heteroatoms. The van der Waals surface area contributed by atoms with E-state index in [9.17, 15) is 14.4 Å². The molecule has 1 saturated carbocycles. The molecule has 2 fully saturated rings. The molecule has 1 heterocycles. The fraction of sp³-hybridized carbons (Fsp3) is 0.769. The average Bonchev–Trinajstić information content (AvgIpc) is 2.49. The van der Waals surface area contributed by atoms with E-state index in [1.165, 1.54) is 4.90 Å². The second kappa shape index (κ2) is 5.59. The first kappa shape index (κ1) is 13.8. The Labute approximate surface area is 112 Å². The van der Waals surface area contributed by atoms with Gasteiger partial charge in [-0.2, -0.15) is 0 Å². The third kappa shape index (κ3) is 3.05. The second-order valence-corrected chi connectivity index (χ2v) is 5.41. The van der Waals surface area contributed by atoms with E-state index in [4.69, 9.17) is 5.11 Å². The molecule has 19 heavy (non-hydrogen) atoms. The fourth-order valence-electron chi connectivity index (χ4n) is 2.61. The van der Waals surface area contributed by atoms with Gasteiger partial charge in [0.2, 0.25) is 11.8 Å². The quantitative estimate of drug-likeness (QED) is 0.778. The summed E-state index contributed by atoms with van der Waals surface area (Å²) in [6.07, 6.45) is 5.03. The molecule has 0 radical (unpaired) electrons. The number of rotatable bonds is 4. The van der Waals surface area contributed by atoms with E-state index in [2.05, 4.69) is 5.32 Å². The molecule has 6 nitrogen and oxygen atoms in total. The lowest BCUT2D eigenvalue weighted by molar-refractivity contribution is -0.152. The van der Waals surface area contributed by atoms with Gasteiger partial charge in [-0.3, -0.25) is 9.59 Å². The Bertz CT molecular complexity index is 390. The van der Waals surface area contributed by atoms with E-state index < -0.39 is 11.5 Å². The maximum absolute atomic E-state index is 11.9. The van der Waals surface area contributed by atoms with Crippen LogP contribution in [0.3, 0.4) is 0 Å². The Morgan fingerprint density at radius 2 is 1.95 bits per heavy atom. The van der Waals surface area contributed by atoms with Gasteiger partial charge in [0.15, 0.2) is 0 Å². The number of carbonyl (C=O) groups is 3. The third-order valence-electron chi connectivity index (χ3n) is 4.00. The number of carbonyl (C=O) groups excluding carboxylic acids is 2. The van der Waals surface area contributed by atoms with Crippen LogP contribution in [0, 0.1) is 0 Å². The number of hydrogen-bond acceptors (Lipinski definition) is 3. The molecule has 0 bridgehead atoms. The van der Waals surface area contributed by atoms with Crippen molar-refractivity contribution >= 4 is 17.8 Å². The predicted molar refractivity (Wildman–Crippen MR) is 67.4 cm³/mol. The summed E-state index contributed by atoms with van der Waals surface area (Å²) < 4.78 is 0. The van der Waals surface area contributed by atoms with Crippen molar-refractivity contribution in [1.29, 1.82) is 0 Å². The van der Waals surface area contributed by atoms with Crippen LogP contribution in [-0.2, 0) is 14.4 Å². The molecule has 2 rings (SSSR count). The molecule has 0 aromatic heterocycles. The third-order valence-corrected chi connectivity index (χ3v) is 4.00. The van der Waals surface area contributed by atoms with E-state index in [0.29, 0.717) is 25.8 Å². The van der Waals surface area contributed by atoms with Gasteiger partial charge < -0.3 is 15.3 Å². The molecule has 2 aliphatic rings. The van der Waals surface area contributed by atoms with Crippen molar-refractivity contribution < 1.29 is 19.5 Å². The van der Waals surface area contributed by atoms with Crippen LogP contribution in [0.1, 0.15) is 44.9 Å². The summed E-state index contributed by atoms with van der Waals surface area (Å²) in [6, 6.07) is 0. The van der Waals surface area contributed by atoms with E-state index in [1.807, 2.05) is 0 Å². The highest BCUT2D eigenvalue weighted by Gasteiger charge is 2.45. The lowest BCUT2D eigenvalue weighted by atomic mass is 9.77. The van der Waals surface area contributed by atoms with Crippen molar-refractivity contribution in [1.82, 2.24) is 10.2 Å². The van der Waals surface area contributed by atoms with Gasteiger partial charge in [-0.15, -0.1) is 0 Å². The summed E-state index contributed by atoms with van der Waals surface area (Å²) in [4.78, 5) is 36.4. The first-order chi connectivity index (χ1) is 9.03. The van der Waals surface area contributed by atoms with Gasteiger partial charge in [-0.1, -0.05) is 6.42 Å². The summed E-state index contributed by atoms with van der Waals surface area (Å²) in [5.74, 6) is -1.35.